The average Bonchev–Trinajstić information content (AvgIpc) is 2.98. The van der Waals surface area contributed by atoms with Crippen molar-refractivity contribution in [1.82, 2.24) is 4.98 Å². The summed E-state index contributed by atoms with van der Waals surface area (Å²) < 4.78 is 0. The first-order chi connectivity index (χ1) is 19.1. The Morgan fingerprint density at radius 3 is 1.21 bits per heavy atom. The Hall–Kier alpha value is -2.95. The summed E-state index contributed by atoms with van der Waals surface area (Å²) in [7, 11) is 9.53. The van der Waals surface area contributed by atoms with Gasteiger partial charge in [-0.15, -0.1) is 0 Å². The fourth-order valence-electron chi connectivity index (χ4n) is 3.72. The van der Waals surface area contributed by atoms with Crippen molar-refractivity contribution in [3.63, 3.8) is 0 Å². The normalized spacial score (nSPS) is 11.6. The Labute approximate surface area is 252 Å². The van der Waals surface area contributed by atoms with Crippen LogP contribution in [0.4, 0.5) is 11.4 Å². The van der Waals surface area contributed by atoms with Crippen LogP contribution in [0.2, 0.25) is 10.0 Å². The standard InChI is InChI=1S/C31H21Cl2N3.2ClH.Fe/c32-24-14-18-26(19-15-24)34-30(22-8-3-1-4-9-22)28-12-7-13-29(36-28)31(23-10-5-2-6-11-23)35-27-20-16-25(33)17-21-27;;;/h1-21H;2*1H;/q;;;+2/p-2. The van der Waals surface area contributed by atoms with Gasteiger partial charge in [0.15, 0.2) is 0 Å². The van der Waals surface area contributed by atoms with Gasteiger partial charge in [-0.05, 0) is 60.7 Å². The molecule has 0 N–H and O–H groups in total. The Balaban J connectivity index is 0.00000112. The molecule has 0 radical (unpaired) electrons. The first-order valence-electron chi connectivity index (χ1n) is 11.7. The van der Waals surface area contributed by atoms with Crippen molar-refractivity contribution in [2.24, 2.45) is 9.98 Å². The van der Waals surface area contributed by atoms with Crippen LogP contribution < -0.4 is 0 Å². The van der Waals surface area contributed by atoms with Crippen molar-refractivity contribution in [2.45, 2.75) is 0 Å². The summed E-state index contributed by atoms with van der Waals surface area (Å²) in [6.07, 6.45) is 0. The summed E-state index contributed by atoms with van der Waals surface area (Å²) in [6.45, 7) is 0. The van der Waals surface area contributed by atoms with Crippen LogP contribution in [-0.4, -0.2) is 16.4 Å². The molecule has 0 fully saturated rings. The van der Waals surface area contributed by atoms with Gasteiger partial charge in [0.2, 0.25) is 0 Å². The summed E-state index contributed by atoms with van der Waals surface area (Å²) >= 11 is 12.4. The van der Waals surface area contributed by atoms with Crippen molar-refractivity contribution in [1.29, 1.82) is 0 Å². The number of aliphatic imine (C=N–C) groups is 2. The first kappa shape index (κ1) is 29.0. The van der Waals surface area contributed by atoms with Gasteiger partial charge in [0.1, 0.15) is 0 Å². The molecule has 0 bridgehead atoms. The zero-order valence-corrected chi connectivity index (χ0v) is 24.5. The van der Waals surface area contributed by atoms with Gasteiger partial charge in [-0.3, -0.25) is 0 Å². The van der Waals surface area contributed by atoms with Gasteiger partial charge in [0.05, 0.1) is 34.2 Å². The number of aromatic nitrogens is 1. The molecule has 0 saturated carbocycles. The zero-order chi connectivity index (χ0) is 27.5. The molecule has 5 rings (SSSR count). The van der Waals surface area contributed by atoms with E-state index in [1.807, 2.05) is 127 Å². The maximum atomic E-state index is 6.09. The second-order valence-corrected chi connectivity index (χ2v) is 10.8. The van der Waals surface area contributed by atoms with Gasteiger partial charge in [-0.25, -0.2) is 15.0 Å². The number of rotatable bonds is 6. The number of halogens is 4. The van der Waals surface area contributed by atoms with E-state index in [1.54, 1.807) is 0 Å². The molecule has 0 unspecified atom stereocenters. The molecular formula is C31H21Cl4FeN3. The summed E-state index contributed by atoms with van der Waals surface area (Å²) in [5, 5.41) is 1.34. The molecule has 0 aliphatic carbocycles. The SMILES string of the molecule is Clc1ccc(N=C(c2ccccc2)c2cccc(C(=Nc3ccc(Cl)cc3)c3ccccc3)n2)cc1.[Cl][Fe][Cl]. The topological polar surface area (TPSA) is 37.6 Å². The monoisotopic (exact) mass is 631 g/mol. The molecule has 0 spiro atoms. The van der Waals surface area contributed by atoms with E-state index < -0.39 is 0 Å². The Morgan fingerprint density at radius 2 is 0.846 bits per heavy atom. The third-order valence-electron chi connectivity index (χ3n) is 5.46. The molecule has 8 heteroatoms. The van der Waals surface area contributed by atoms with Crippen LogP contribution in [0, 0.1) is 0 Å². The van der Waals surface area contributed by atoms with E-state index in [2.05, 4.69) is 0 Å². The van der Waals surface area contributed by atoms with E-state index in [0.717, 1.165) is 45.3 Å². The molecule has 3 nitrogen and oxygen atoms in total. The summed E-state index contributed by atoms with van der Waals surface area (Å²) in [6, 6.07) is 40.9. The van der Waals surface area contributed by atoms with Crippen molar-refractivity contribution in [2.75, 3.05) is 0 Å². The average molecular weight is 633 g/mol. The van der Waals surface area contributed by atoms with Gasteiger partial charge in [0.25, 0.3) is 0 Å². The third-order valence-corrected chi connectivity index (χ3v) is 5.97. The van der Waals surface area contributed by atoms with Crippen molar-refractivity contribution in [3.8, 4) is 0 Å². The van der Waals surface area contributed by atoms with E-state index >= 15 is 0 Å². The number of nitrogens with zero attached hydrogens (tertiary/aromatic N) is 3. The van der Waals surface area contributed by atoms with Crippen molar-refractivity contribution < 1.29 is 13.1 Å². The number of hydrogen-bond donors (Lipinski definition) is 0. The molecule has 1 aromatic heterocycles. The Morgan fingerprint density at radius 1 is 0.487 bits per heavy atom. The van der Waals surface area contributed by atoms with Crippen molar-refractivity contribution >= 4 is 66.2 Å². The minimum atomic E-state index is 0.194. The molecule has 4 aromatic carbocycles. The Bertz CT molecular complexity index is 1430. The number of benzene rings is 4. The predicted octanol–water partition coefficient (Wildman–Crippen LogP) is 10.1. The minimum absolute atomic E-state index is 0.194. The number of pyridine rings is 1. The zero-order valence-electron chi connectivity index (χ0n) is 20.3. The summed E-state index contributed by atoms with van der Waals surface area (Å²) in [5.41, 5.74) is 6.53. The molecule has 5 aromatic rings. The van der Waals surface area contributed by atoms with Gasteiger partial charge in [0, 0.05) is 21.2 Å². The molecule has 0 atom stereocenters. The molecule has 0 saturated heterocycles. The van der Waals surface area contributed by atoms with Crippen LogP contribution in [0.1, 0.15) is 22.5 Å². The molecule has 196 valence electrons. The van der Waals surface area contributed by atoms with Crippen LogP contribution >= 0.6 is 43.4 Å². The molecule has 1 heterocycles. The van der Waals surface area contributed by atoms with Crippen LogP contribution in [0.25, 0.3) is 0 Å². The predicted molar refractivity (Wildman–Crippen MR) is 162 cm³/mol. The molecule has 0 aliphatic heterocycles. The van der Waals surface area contributed by atoms with E-state index in [1.165, 1.54) is 0 Å². The van der Waals surface area contributed by atoms with E-state index in [0.29, 0.717) is 10.0 Å². The van der Waals surface area contributed by atoms with Gasteiger partial charge < -0.3 is 0 Å². The van der Waals surface area contributed by atoms with Gasteiger partial charge >= 0.3 is 33.3 Å². The quantitative estimate of drug-likeness (QED) is 0.136. The first-order valence-corrected chi connectivity index (χ1v) is 15.5. The summed E-state index contributed by atoms with van der Waals surface area (Å²) in [5.74, 6) is 0. The van der Waals surface area contributed by atoms with Crippen molar-refractivity contribution in [3.05, 3.63) is 160 Å². The van der Waals surface area contributed by atoms with Gasteiger partial charge in [-0.1, -0.05) is 89.9 Å². The molecule has 0 amide bonds. The maximum absolute atomic E-state index is 6.09. The molecule has 39 heavy (non-hydrogen) atoms. The van der Waals surface area contributed by atoms with E-state index in [4.69, 9.17) is 58.4 Å². The van der Waals surface area contributed by atoms with Crippen LogP contribution in [-0.2, 0) is 13.1 Å². The third kappa shape index (κ3) is 8.52. The van der Waals surface area contributed by atoms with Gasteiger partial charge in [-0.2, -0.15) is 0 Å². The second-order valence-electron chi connectivity index (χ2n) is 8.06. The fraction of sp³-hybridized carbons (Fsp3) is 0. The van der Waals surface area contributed by atoms with E-state index in [9.17, 15) is 0 Å². The fourth-order valence-corrected chi connectivity index (χ4v) is 3.97. The second kappa shape index (κ2) is 15.0. The molecular weight excluding hydrogens is 612 g/mol. The molecule has 0 aliphatic rings. The van der Waals surface area contributed by atoms with Crippen LogP contribution in [0.15, 0.2) is 137 Å². The van der Waals surface area contributed by atoms with Crippen LogP contribution in [0.5, 0.6) is 0 Å². The van der Waals surface area contributed by atoms with Crippen LogP contribution in [0.3, 0.4) is 0 Å². The summed E-state index contributed by atoms with van der Waals surface area (Å²) in [4.78, 5) is 14.9. The Kier molecular flexibility index (Phi) is 11.2. The van der Waals surface area contributed by atoms with E-state index in [-0.39, 0.29) is 13.1 Å². The number of hydrogen-bond acceptors (Lipinski definition) is 3.